The minimum absolute atomic E-state index is 0.0127. The van der Waals surface area contributed by atoms with Gasteiger partial charge in [-0.1, -0.05) is 98.7 Å². The number of carbonyl (C=O) groups excluding carboxylic acids is 3. The van der Waals surface area contributed by atoms with Crippen LogP contribution in [0.2, 0.25) is 0 Å². The zero-order valence-corrected chi connectivity index (χ0v) is 49.3. The van der Waals surface area contributed by atoms with Gasteiger partial charge in [0.05, 0.1) is 50.9 Å². The van der Waals surface area contributed by atoms with Crippen LogP contribution in [0.25, 0.3) is 11.9 Å². The van der Waals surface area contributed by atoms with Gasteiger partial charge in [-0.05, 0) is 77.9 Å². The van der Waals surface area contributed by atoms with Crippen LogP contribution in [0.1, 0.15) is 146 Å². The van der Waals surface area contributed by atoms with E-state index in [1.807, 2.05) is 104 Å². The maximum atomic E-state index is 13.6. The van der Waals surface area contributed by atoms with Gasteiger partial charge >= 0.3 is 0 Å². The van der Waals surface area contributed by atoms with E-state index < -0.39 is 16.2 Å². The molecule has 81 heavy (non-hydrogen) atoms. The molecule has 0 saturated carbocycles. The summed E-state index contributed by atoms with van der Waals surface area (Å²) in [4.78, 5) is 60.4. The summed E-state index contributed by atoms with van der Waals surface area (Å²) in [6, 6.07) is 20.6. The highest BCUT2D eigenvalue weighted by atomic mass is 16.2. The highest BCUT2D eigenvalue weighted by Gasteiger charge is 2.32. The number of aromatic nitrogens is 7. The van der Waals surface area contributed by atoms with Gasteiger partial charge in [0, 0.05) is 55.5 Å². The lowest BCUT2D eigenvalue weighted by atomic mass is 9.88. The number of allylic oxidation sites excluding steroid dienone is 1. The number of azo groups is 3. The second-order valence-corrected chi connectivity index (χ2v) is 21.8. The average molecular weight is 1100 g/mol. The van der Waals surface area contributed by atoms with Crippen molar-refractivity contribution in [3.05, 3.63) is 112 Å². The fourth-order valence-electron chi connectivity index (χ4n) is 8.31. The molecule has 3 aromatic carbocycles. The van der Waals surface area contributed by atoms with Gasteiger partial charge in [-0.25, -0.2) is 0 Å². The van der Waals surface area contributed by atoms with Gasteiger partial charge in [-0.3, -0.25) is 14.4 Å². The van der Waals surface area contributed by atoms with Crippen molar-refractivity contribution in [3.8, 4) is 11.9 Å². The van der Waals surface area contributed by atoms with E-state index in [0.29, 0.717) is 78.7 Å². The van der Waals surface area contributed by atoms with Gasteiger partial charge in [0.25, 0.3) is 29.6 Å². The van der Waals surface area contributed by atoms with E-state index in [4.69, 9.17) is 42.4 Å². The molecule has 24 heteroatoms. The molecule has 24 nitrogen and oxygen atoms in total. The molecule has 0 aliphatic carbocycles. The molecule has 3 aromatic heterocycles. The molecule has 3 heterocycles. The Morgan fingerprint density at radius 2 is 0.864 bits per heavy atom. The number of rotatable bonds is 20. The summed E-state index contributed by atoms with van der Waals surface area (Å²) in [6.07, 6.45) is 0. The van der Waals surface area contributed by atoms with Crippen molar-refractivity contribution in [2.24, 2.45) is 41.8 Å². The molecule has 428 valence electrons. The third kappa shape index (κ3) is 13.7. The highest BCUT2D eigenvalue weighted by Crippen LogP contribution is 2.40. The number of nitrogens with two attached hydrogens (primary N) is 3. The predicted octanol–water partition coefficient (Wildman–Crippen LogP) is 11.7. The fraction of sp³-hybridized carbons (Fsp3) is 0.421. The third-order valence-corrected chi connectivity index (χ3v) is 13.0. The maximum Gasteiger partial charge on any atom is 0.259 e. The van der Waals surface area contributed by atoms with Crippen molar-refractivity contribution in [2.75, 3.05) is 56.1 Å². The van der Waals surface area contributed by atoms with Crippen molar-refractivity contribution >= 4 is 69.5 Å². The smallest absolute Gasteiger partial charge is 0.259 e. The van der Waals surface area contributed by atoms with E-state index in [1.54, 1.807) is 87.5 Å². The Morgan fingerprint density at radius 3 is 1.19 bits per heavy atom. The lowest BCUT2D eigenvalue weighted by Gasteiger charge is -2.21. The van der Waals surface area contributed by atoms with Crippen LogP contribution in [0.3, 0.4) is 0 Å². The molecule has 0 aliphatic rings. The number of nitrogens with zero attached hydrogens (tertiary/aromatic N) is 16. The second-order valence-electron chi connectivity index (χ2n) is 21.8. The van der Waals surface area contributed by atoms with Crippen molar-refractivity contribution in [1.82, 2.24) is 49.2 Å². The van der Waals surface area contributed by atoms with E-state index in [2.05, 4.69) is 36.0 Å². The van der Waals surface area contributed by atoms with Crippen LogP contribution >= 0.6 is 0 Å². The lowest BCUT2D eigenvalue weighted by molar-refractivity contribution is 0.0765. The molecule has 0 radical (unpaired) electrons. The monoisotopic (exact) mass is 1100 g/mol. The van der Waals surface area contributed by atoms with Gasteiger partial charge in [0.2, 0.25) is 5.95 Å². The second kappa shape index (κ2) is 25.4. The molecular formula is C57H77N21O3. The molecule has 0 unspecified atom stereocenters. The van der Waals surface area contributed by atoms with Crippen LogP contribution in [0.4, 0.5) is 46.0 Å². The molecule has 6 rings (SSSR count). The molecular weight excluding hydrogens is 1030 g/mol. The first-order valence-corrected chi connectivity index (χ1v) is 27.0. The van der Waals surface area contributed by atoms with Gasteiger partial charge in [0.15, 0.2) is 23.0 Å². The Kier molecular flexibility index (Phi) is 19.1. The summed E-state index contributed by atoms with van der Waals surface area (Å²) in [5, 5.41) is 49.8. The Balaban J connectivity index is 1.61. The molecule has 0 atom stereocenters. The van der Waals surface area contributed by atoms with Gasteiger partial charge < -0.3 is 42.6 Å². The van der Waals surface area contributed by atoms with E-state index in [0.717, 1.165) is 0 Å². The molecule has 6 aromatic rings. The molecule has 0 saturated heterocycles. The van der Waals surface area contributed by atoms with E-state index in [-0.39, 0.29) is 81.5 Å². The molecule has 0 fully saturated rings. The molecule has 8 N–H and O–H groups in total. The minimum Gasteiger partial charge on any atom is -0.383 e. The summed E-state index contributed by atoms with van der Waals surface area (Å²) < 4.78 is 2.54. The zero-order valence-electron chi connectivity index (χ0n) is 49.3. The molecule has 0 bridgehead atoms. The number of anilines is 3. The standard InChI is InChI=1S/C57H77N21O3/c1-16-74(17-2)49(79)34-28-22-25-31-37(34)66-69-40(43(58)55(7,8)9)46(59)62-52-63-53(77-47(60)41(44(72-77)56(10,11)12)70-67-38-32-26-23-29-35(38)50(80)75(18-3)19-4)65-54(64-52)78-48(61)42(45(73-78)57(13,14)15)71-68-39-33-27-24-30-36(39)51(81)76(20-5)21-6/h22-33,58H,16-21,59-61H2,1-15H3,(H,62,63,64,65)/b46-40+,58-43?,69-66?,70-67?,71-68?. The summed E-state index contributed by atoms with van der Waals surface area (Å²) >= 11 is 0. The van der Waals surface area contributed by atoms with Crippen LogP contribution in [0, 0.1) is 10.8 Å². The first-order valence-electron chi connectivity index (χ1n) is 27.0. The summed E-state index contributed by atoms with van der Waals surface area (Å²) in [5.74, 6) is -1.40. The number of amides is 3. The van der Waals surface area contributed by atoms with Crippen molar-refractivity contribution in [2.45, 2.75) is 115 Å². The van der Waals surface area contributed by atoms with E-state index in [9.17, 15) is 19.8 Å². The molecule has 0 spiro atoms. The number of hydrogen-bond donors (Lipinski definition) is 5. The summed E-state index contributed by atoms with van der Waals surface area (Å²) in [6.45, 7) is 31.4. The van der Waals surface area contributed by atoms with Crippen LogP contribution < -0.4 is 22.5 Å². The SMILES string of the molecule is CCN(CC)C(=O)c1ccccc1N=N/C(C(=N)C(C)(C)C)=C(\N)Nc1nc(-n2nc(C(C)(C)C)c(N=Nc3ccccc3C(=O)N(CC)CC)c2N)nc(-n2nc(C(C)(C)C)c(N=Nc3ccccc3C(=O)N(CC)CC)c2N)n1. The Hall–Kier alpha value is -9.09. The van der Waals surface area contributed by atoms with E-state index in [1.165, 1.54) is 9.36 Å². The van der Waals surface area contributed by atoms with E-state index >= 15 is 0 Å². The van der Waals surface area contributed by atoms with Crippen LogP contribution in [0.15, 0.2) is 115 Å². The number of nitrogens with one attached hydrogen (secondary N) is 2. The van der Waals surface area contributed by atoms with Crippen LogP contribution in [0.5, 0.6) is 0 Å². The van der Waals surface area contributed by atoms with Gasteiger partial charge in [0.1, 0.15) is 11.5 Å². The van der Waals surface area contributed by atoms with Crippen LogP contribution in [-0.4, -0.2) is 112 Å². The maximum absolute atomic E-state index is 13.6. The number of carbonyl (C=O) groups is 3. The third-order valence-electron chi connectivity index (χ3n) is 13.0. The largest absolute Gasteiger partial charge is 0.383 e. The van der Waals surface area contributed by atoms with Gasteiger partial charge in [-0.2, -0.15) is 34.5 Å². The first kappa shape index (κ1) is 61.1. The average Bonchev–Trinajstić information content (AvgIpc) is 4.12. The summed E-state index contributed by atoms with van der Waals surface area (Å²) in [7, 11) is 0. The molecule has 3 amide bonds. The number of nitrogen functional groups attached to an aromatic ring is 2. The number of hydrogen-bond acceptors (Lipinski definition) is 19. The zero-order chi connectivity index (χ0) is 59.7. The fourth-order valence-corrected chi connectivity index (χ4v) is 8.31. The molecule has 0 aliphatic heterocycles. The predicted molar refractivity (Wildman–Crippen MR) is 316 cm³/mol. The Bertz CT molecular complexity index is 3250. The van der Waals surface area contributed by atoms with Crippen molar-refractivity contribution < 1.29 is 14.4 Å². The highest BCUT2D eigenvalue weighted by molar-refractivity contribution is 6.02. The normalized spacial score (nSPS) is 12.6. The Labute approximate surface area is 473 Å². The van der Waals surface area contributed by atoms with Crippen LogP contribution in [-0.2, 0) is 10.8 Å². The summed E-state index contributed by atoms with van der Waals surface area (Å²) in [5.41, 5.74) is 21.8. The topological polar surface area (TPSA) is 323 Å². The first-order chi connectivity index (χ1) is 38.2. The lowest BCUT2D eigenvalue weighted by Crippen LogP contribution is -2.30. The Morgan fingerprint density at radius 1 is 0.531 bits per heavy atom. The van der Waals surface area contributed by atoms with Crippen molar-refractivity contribution in [3.63, 3.8) is 0 Å². The number of benzene rings is 3. The minimum atomic E-state index is -0.819. The van der Waals surface area contributed by atoms with Gasteiger partial charge in [-0.15, -0.1) is 30.7 Å². The quantitative estimate of drug-likeness (QED) is 0.0352. The van der Waals surface area contributed by atoms with Crippen molar-refractivity contribution in [1.29, 1.82) is 5.41 Å².